The van der Waals surface area contributed by atoms with E-state index in [2.05, 4.69) is 25.3 Å². The topological polar surface area (TPSA) is 116 Å². The number of amides is 2. The second kappa shape index (κ2) is 9.93. The summed E-state index contributed by atoms with van der Waals surface area (Å²) in [5.74, 6) is 0.645. The van der Waals surface area contributed by atoms with Crippen LogP contribution in [0.2, 0.25) is 0 Å². The van der Waals surface area contributed by atoms with Crippen molar-refractivity contribution < 1.29 is 13.2 Å². The molecule has 0 saturated heterocycles. The molecule has 9 heteroatoms. The SMILES string of the molecule is O=C(NCc1nc2ccccc2[nH]1)Nc1ccc(NS(=O)(=O)c2ccccc2-c2ccccc2)cc1. The van der Waals surface area contributed by atoms with Crippen molar-refractivity contribution in [1.82, 2.24) is 15.3 Å². The van der Waals surface area contributed by atoms with E-state index >= 15 is 0 Å². The van der Waals surface area contributed by atoms with Gasteiger partial charge in [-0.25, -0.2) is 18.2 Å². The second-order valence-corrected chi connectivity index (χ2v) is 9.70. The lowest BCUT2D eigenvalue weighted by molar-refractivity contribution is 0.251. The smallest absolute Gasteiger partial charge is 0.319 e. The highest BCUT2D eigenvalue weighted by atomic mass is 32.2. The monoisotopic (exact) mass is 497 g/mol. The number of carbonyl (C=O) groups excluding carboxylic acids is 1. The summed E-state index contributed by atoms with van der Waals surface area (Å²) in [5, 5.41) is 5.48. The summed E-state index contributed by atoms with van der Waals surface area (Å²) < 4.78 is 28.9. The number of nitrogens with zero attached hydrogens (tertiary/aromatic N) is 1. The normalized spacial score (nSPS) is 11.2. The molecule has 0 aliphatic rings. The molecule has 1 heterocycles. The first-order valence-electron chi connectivity index (χ1n) is 11.2. The van der Waals surface area contributed by atoms with E-state index in [1.54, 1.807) is 48.5 Å². The molecular weight excluding hydrogens is 474 g/mol. The average molecular weight is 498 g/mol. The first-order valence-corrected chi connectivity index (χ1v) is 12.7. The number of H-pyrrole nitrogens is 1. The fourth-order valence-corrected chi connectivity index (χ4v) is 5.11. The molecule has 8 nitrogen and oxygen atoms in total. The first-order chi connectivity index (χ1) is 17.5. The van der Waals surface area contributed by atoms with Crippen molar-refractivity contribution in [2.45, 2.75) is 11.4 Å². The number of imidazole rings is 1. The maximum Gasteiger partial charge on any atom is 0.319 e. The van der Waals surface area contributed by atoms with Crippen LogP contribution in [0.25, 0.3) is 22.2 Å². The van der Waals surface area contributed by atoms with E-state index in [4.69, 9.17) is 0 Å². The second-order valence-electron chi connectivity index (χ2n) is 8.05. The van der Waals surface area contributed by atoms with Crippen LogP contribution in [0.4, 0.5) is 16.2 Å². The number of aromatic nitrogens is 2. The Morgan fingerprint density at radius 1 is 0.778 bits per heavy atom. The Morgan fingerprint density at radius 2 is 1.44 bits per heavy atom. The molecule has 0 saturated carbocycles. The molecule has 0 bridgehead atoms. The molecule has 0 aliphatic heterocycles. The highest BCUT2D eigenvalue weighted by Crippen LogP contribution is 2.28. The largest absolute Gasteiger partial charge is 0.340 e. The van der Waals surface area contributed by atoms with Gasteiger partial charge in [0.15, 0.2) is 0 Å². The van der Waals surface area contributed by atoms with Crippen molar-refractivity contribution in [2.24, 2.45) is 0 Å². The Labute approximate surface area is 208 Å². The summed E-state index contributed by atoms with van der Waals surface area (Å²) in [4.78, 5) is 20.1. The first kappa shape index (κ1) is 23.1. The van der Waals surface area contributed by atoms with Crippen molar-refractivity contribution in [1.29, 1.82) is 0 Å². The van der Waals surface area contributed by atoms with Crippen molar-refractivity contribution in [3.05, 3.63) is 109 Å². The van der Waals surface area contributed by atoms with Gasteiger partial charge >= 0.3 is 6.03 Å². The van der Waals surface area contributed by atoms with E-state index in [0.29, 0.717) is 22.8 Å². The minimum atomic E-state index is -3.84. The van der Waals surface area contributed by atoms with Crippen LogP contribution in [0.1, 0.15) is 5.82 Å². The fourth-order valence-electron chi connectivity index (χ4n) is 3.82. The van der Waals surface area contributed by atoms with Gasteiger partial charge in [0.1, 0.15) is 5.82 Å². The number of para-hydroxylation sites is 2. The Balaban J connectivity index is 1.22. The number of anilines is 2. The Hall–Kier alpha value is -4.63. The lowest BCUT2D eigenvalue weighted by Crippen LogP contribution is -2.28. The van der Waals surface area contributed by atoms with Crippen LogP contribution in [0, 0.1) is 0 Å². The molecule has 5 rings (SSSR count). The van der Waals surface area contributed by atoms with Crippen LogP contribution in [0.3, 0.4) is 0 Å². The van der Waals surface area contributed by atoms with Gasteiger partial charge < -0.3 is 15.6 Å². The molecule has 1 aromatic heterocycles. The standard InChI is InChI=1S/C27H23N5O3S/c33-27(28-18-26-30-23-11-5-6-12-24(23)31-26)29-20-14-16-21(17-15-20)32-36(34,35)25-13-7-4-10-22(25)19-8-2-1-3-9-19/h1-17,32H,18H2,(H,30,31)(H2,28,29,33). The van der Waals surface area contributed by atoms with Gasteiger partial charge in [-0.15, -0.1) is 0 Å². The summed E-state index contributed by atoms with van der Waals surface area (Å²) in [6.07, 6.45) is 0. The zero-order valence-electron chi connectivity index (χ0n) is 19.1. The van der Waals surface area contributed by atoms with E-state index in [1.165, 1.54) is 0 Å². The molecule has 2 amide bonds. The number of carbonyl (C=O) groups is 1. The van der Waals surface area contributed by atoms with Crippen LogP contribution in [0.5, 0.6) is 0 Å². The van der Waals surface area contributed by atoms with Crippen LogP contribution in [-0.2, 0) is 16.6 Å². The lowest BCUT2D eigenvalue weighted by Gasteiger charge is -2.13. The third-order valence-corrected chi connectivity index (χ3v) is 6.95. The van der Waals surface area contributed by atoms with Crippen LogP contribution >= 0.6 is 0 Å². The van der Waals surface area contributed by atoms with Crippen LogP contribution < -0.4 is 15.4 Å². The third-order valence-electron chi connectivity index (χ3n) is 5.51. The number of rotatable bonds is 7. The van der Waals surface area contributed by atoms with Crippen molar-refractivity contribution >= 4 is 38.5 Å². The van der Waals surface area contributed by atoms with Crippen LogP contribution in [0.15, 0.2) is 108 Å². The molecular formula is C27H23N5O3S. The lowest BCUT2D eigenvalue weighted by atomic mass is 10.1. The summed E-state index contributed by atoms with van der Waals surface area (Å²) in [5.41, 5.74) is 4.06. The van der Waals surface area contributed by atoms with Gasteiger partial charge in [-0.05, 0) is 48.0 Å². The van der Waals surface area contributed by atoms with Gasteiger partial charge in [-0.3, -0.25) is 4.72 Å². The number of urea groups is 1. The zero-order chi connectivity index (χ0) is 25.0. The Kier molecular flexibility index (Phi) is 6.38. The van der Waals surface area contributed by atoms with Crippen LogP contribution in [-0.4, -0.2) is 24.4 Å². The quantitative estimate of drug-likeness (QED) is 0.242. The maximum absolute atomic E-state index is 13.1. The summed E-state index contributed by atoms with van der Waals surface area (Å²) in [7, 11) is -3.84. The van der Waals surface area contributed by atoms with Gasteiger partial charge in [-0.1, -0.05) is 60.7 Å². The molecule has 0 unspecified atom stereocenters. The number of hydrogen-bond acceptors (Lipinski definition) is 4. The minimum Gasteiger partial charge on any atom is -0.340 e. The molecule has 0 aliphatic carbocycles. The molecule has 4 N–H and O–H groups in total. The molecule has 0 spiro atoms. The molecule has 5 aromatic rings. The number of sulfonamides is 1. The zero-order valence-corrected chi connectivity index (χ0v) is 19.9. The van der Waals surface area contributed by atoms with E-state index < -0.39 is 16.1 Å². The summed E-state index contributed by atoms with van der Waals surface area (Å²) in [6.45, 7) is 0.235. The molecule has 0 atom stereocenters. The minimum absolute atomic E-state index is 0.184. The predicted molar refractivity (Wildman–Crippen MR) is 141 cm³/mol. The highest BCUT2D eigenvalue weighted by Gasteiger charge is 2.19. The molecule has 36 heavy (non-hydrogen) atoms. The van der Waals surface area contributed by atoms with Crippen molar-refractivity contribution in [3.8, 4) is 11.1 Å². The Morgan fingerprint density at radius 3 is 2.22 bits per heavy atom. The van der Waals surface area contributed by atoms with Gasteiger partial charge in [0.25, 0.3) is 10.0 Å². The predicted octanol–water partition coefficient (Wildman–Crippen LogP) is 5.35. The number of nitrogens with one attached hydrogen (secondary N) is 4. The van der Waals surface area contributed by atoms with E-state index in [9.17, 15) is 13.2 Å². The maximum atomic E-state index is 13.1. The highest BCUT2D eigenvalue weighted by molar-refractivity contribution is 7.92. The molecule has 0 radical (unpaired) electrons. The van der Waals surface area contributed by atoms with Gasteiger partial charge in [0.05, 0.1) is 22.5 Å². The fraction of sp³-hybridized carbons (Fsp3) is 0.0370. The number of hydrogen-bond donors (Lipinski definition) is 4. The summed E-state index contributed by atoms with van der Waals surface area (Å²) in [6, 6.07) is 29.9. The van der Waals surface area contributed by atoms with E-state index in [1.807, 2.05) is 54.6 Å². The third kappa shape index (κ3) is 5.21. The summed E-state index contributed by atoms with van der Waals surface area (Å²) >= 11 is 0. The van der Waals surface area contributed by atoms with Gasteiger partial charge in [0.2, 0.25) is 0 Å². The number of aromatic amines is 1. The Bertz CT molecular complexity index is 1580. The van der Waals surface area contributed by atoms with Crippen molar-refractivity contribution in [2.75, 3.05) is 10.0 Å². The van der Waals surface area contributed by atoms with Gasteiger partial charge in [0, 0.05) is 16.9 Å². The van der Waals surface area contributed by atoms with Crippen molar-refractivity contribution in [3.63, 3.8) is 0 Å². The average Bonchev–Trinajstić information content (AvgIpc) is 3.32. The number of benzene rings is 4. The number of fused-ring (bicyclic) bond motifs is 1. The molecule has 0 fully saturated rings. The van der Waals surface area contributed by atoms with E-state index in [0.717, 1.165) is 16.6 Å². The van der Waals surface area contributed by atoms with E-state index in [-0.39, 0.29) is 11.4 Å². The van der Waals surface area contributed by atoms with Gasteiger partial charge in [-0.2, -0.15) is 0 Å². The molecule has 180 valence electrons. The molecule has 4 aromatic carbocycles.